The number of nitrogens with zero attached hydrogens (tertiary/aromatic N) is 2. The molecule has 0 bridgehead atoms. The summed E-state index contributed by atoms with van der Waals surface area (Å²) < 4.78 is 37.4. The minimum absolute atomic E-state index is 0.0204. The van der Waals surface area contributed by atoms with Gasteiger partial charge >= 0.3 is 5.97 Å². The van der Waals surface area contributed by atoms with Crippen LogP contribution in [0.3, 0.4) is 0 Å². The average molecular weight is 763 g/mol. The fourth-order valence-electron chi connectivity index (χ4n) is 8.70. The van der Waals surface area contributed by atoms with E-state index in [1.165, 1.54) is 21.1 Å². The van der Waals surface area contributed by atoms with Crippen LogP contribution in [0.15, 0.2) is 5.16 Å². The SMILES string of the molecule is CCC1OC(=O)[C@H](C)[C@@H](O[C@H]2C[C@@](C)(OC)[C@@H](O)[C@H](C)O2)[C@H](C)[C@@H](O[C@@H]2O[C@H](C)C[C@H](N(C)C)[C@H]2O)[C@](C)(O)C[C@@H](C)/C(=N/OC)[C@H](C)[C@@H](O)[C@]1(C)O. The number of methoxy groups -OCH3 is 1. The number of hydrogen-bond acceptors (Lipinski definition) is 15. The highest BCUT2D eigenvalue weighted by molar-refractivity contribution is 5.88. The summed E-state index contributed by atoms with van der Waals surface area (Å²) in [5, 5.41) is 62.8. The zero-order valence-electron chi connectivity index (χ0n) is 34.4. The van der Waals surface area contributed by atoms with E-state index in [1.807, 2.05) is 32.8 Å². The molecule has 0 aliphatic carbocycles. The molecular weight excluding hydrogens is 692 g/mol. The maximum atomic E-state index is 14.2. The van der Waals surface area contributed by atoms with Crippen LogP contribution in [0.2, 0.25) is 0 Å². The molecule has 0 aromatic heterocycles. The minimum atomic E-state index is -1.91. The Morgan fingerprint density at radius 3 is 2.08 bits per heavy atom. The second-order valence-corrected chi connectivity index (χ2v) is 16.8. The van der Waals surface area contributed by atoms with Gasteiger partial charge in [-0.15, -0.1) is 0 Å². The summed E-state index contributed by atoms with van der Waals surface area (Å²) in [5.74, 6) is -3.90. The number of rotatable bonds is 8. The van der Waals surface area contributed by atoms with Crippen molar-refractivity contribution >= 4 is 11.7 Å². The first-order chi connectivity index (χ1) is 24.5. The van der Waals surface area contributed by atoms with Crippen molar-refractivity contribution in [3.8, 4) is 0 Å². The molecule has 15 heteroatoms. The molecule has 310 valence electrons. The van der Waals surface area contributed by atoms with Crippen molar-refractivity contribution in [1.82, 2.24) is 4.90 Å². The molecule has 15 nitrogen and oxygen atoms in total. The van der Waals surface area contributed by atoms with E-state index in [9.17, 15) is 30.3 Å². The maximum absolute atomic E-state index is 14.2. The normalized spacial score (nSPS) is 49.0. The van der Waals surface area contributed by atoms with Gasteiger partial charge in [-0.25, -0.2) is 0 Å². The zero-order chi connectivity index (χ0) is 40.4. The first kappa shape index (κ1) is 45.9. The van der Waals surface area contributed by atoms with Gasteiger partial charge < -0.3 is 63.7 Å². The van der Waals surface area contributed by atoms with E-state index in [2.05, 4.69) is 5.16 Å². The van der Waals surface area contributed by atoms with Crippen molar-refractivity contribution in [3.05, 3.63) is 0 Å². The molecule has 18 atom stereocenters. The summed E-state index contributed by atoms with van der Waals surface area (Å²) in [7, 11) is 6.60. The summed E-state index contributed by atoms with van der Waals surface area (Å²) in [6.45, 7) is 17.0. The molecular formula is C38H70N2O13. The quantitative estimate of drug-likeness (QED) is 0.178. The molecule has 0 radical (unpaired) electrons. The summed E-state index contributed by atoms with van der Waals surface area (Å²) in [6, 6.07) is -0.306. The lowest BCUT2D eigenvalue weighted by Crippen LogP contribution is -2.61. The molecule has 5 N–H and O–H groups in total. The highest BCUT2D eigenvalue weighted by Crippen LogP contribution is 2.41. The molecule has 0 amide bonds. The van der Waals surface area contributed by atoms with E-state index in [4.69, 9.17) is 33.3 Å². The van der Waals surface area contributed by atoms with Gasteiger partial charge in [0.1, 0.15) is 31.0 Å². The summed E-state index contributed by atoms with van der Waals surface area (Å²) in [4.78, 5) is 21.3. The molecule has 0 aromatic rings. The number of carbonyl (C=O) groups excluding carboxylic acids is 1. The Kier molecular flexibility index (Phi) is 15.7. The fourth-order valence-corrected chi connectivity index (χ4v) is 8.70. The van der Waals surface area contributed by atoms with Crippen LogP contribution in [0.5, 0.6) is 0 Å². The van der Waals surface area contributed by atoms with Gasteiger partial charge in [0.2, 0.25) is 0 Å². The van der Waals surface area contributed by atoms with Gasteiger partial charge in [0.15, 0.2) is 12.6 Å². The zero-order valence-corrected chi connectivity index (χ0v) is 34.4. The predicted octanol–water partition coefficient (Wildman–Crippen LogP) is 2.22. The molecule has 0 aromatic carbocycles. The molecule has 3 heterocycles. The van der Waals surface area contributed by atoms with Gasteiger partial charge in [0, 0.05) is 37.3 Å². The van der Waals surface area contributed by atoms with E-state index in [1.54, 1.807) is 48.5 Å². The Morgan fingerprint density at radius 1 is 0.906 bits per heavy atom. The third kappa shape index (κ3) is 10.1. The monoisotopic (exact) mass is 762 g/mol. The van der Waals surface area contributed by atoms with Gasteiger partial charge in [0.25, 0.3) is 0 Å². The Morgan fingerprint density at radius 2 is 1.53 bits per heavy atom. The number of likely N-dealkylation sites (N-methyl/N-ethyl adjacent to an activating group) is 1. The maximum Gasteiger partial charge on any atom is 0.311 e. The Balaban J connectivity index is 2.23. The molecule has 3 rings (SSSR count). The number of hydrogen-bond donors (Lipinski definition) is 5. The second-order valence-electron chi connectivity index (χ2n) is 16.8. The number of ether oxygens (including phenoxy) is 6. The molecule has 1 unspecified atom stereocenters. The number of oxime groups is 1. The van der Waals surface area contributed by atoms with Crippen LogP contribution in [0.4, 0.5) is 0 Å². The smallest absolute Gasteiger partial charge is 0.311 e. The van der Waals surface area contributed by atoms with Crippen LogP contribution in [-0.2, 0) is 38.1 Å². The van der Waals surface area contributed by atoms with Crippen molar-refractivity contribution in [2.45, 2.75) is 179 Å². The third-order valence-corrected chi connectivity index (χ3v) is 12.1. The van der Waals surface area contributed by atoms with Crippen LogP contribution in [0.1, 0.15) is 94.9 Å². The second kappa shape index (κ2) is 18.2. The number of aliphatic hydroxyl groups excluding tert-OH is 3. The highest BCUT2D eigenvalue weighted by Gasteiger charge is 2.53. The van der Waals surface area contributed by atoms with Crippen molar-refractivity contribution < 1.29 is 63.6 Å². The lowest BCUT2D eigenvalue weighted by molar-refractivity contribution is -0.317. The van der Waals surface area contributed by atoms with E-state index >= 15 is 0 Å². The van der Waals surface area contributed by atoms with Gasteiger partial charge in [-0.2, -0.15) is 0 Å². The third-order valence-electron chi connectivity index (χ3n) is 12.1. The molecule has 3 aliphatic heterocycles. The molecule has 0 saturated carbocycles. The van der Waals surface area contributed by atoms with Crippen molar-refractivity contribution in [2.24, 2.45) is 28.8 Å². The first-order valence-corrected chi connectivity index (χ1v) is 19.1. The van der Waals surface area contributed by atoms with Crippen LogP contribution in [0, 0.1) is 23.7 Å². The minimum Gasteiger partial charge on any atom is -0.459 e. The number of carbonyl (C=O) groups is 1. The molecule has 0 spiro atoms. The van der Waals surface area contributed by atoms with Crippen LogP contribution < -0.4 is 0 Å². The average Bonchev–Trinajstić information content (AvgIpc) is 3.08. The first-order valence-electron chi connectivity index (χ1n) is 19.1. The van der Waals surface area contributed by atoms with Crippen molar-refractivity contribution in [2.75, 3.05) is 28.3 Å². The van der Waals surface area contributed by atoms with Crippen LogP contribution >= 0.6 is 0 Å². The number of cyclic esters (lactones) is 1. The Bertz CT molecular complexity index is 1220. The van der Waals surface area contributed by atoms with E-state index < -0.39 is 102 Å². The van der Waals surface area contributed by atoms with Gasteiger partial charge in [-0.3, -0.25) is 4.79 Å². The van der Waals surface area contributed by atoms with E-state index in [-0.39, 0.29) is 31.4 Å². The van der Waals surface area contributed by atoms with E-state index in [0.717, 1.165) is 0 Å². The lowest BCUT2D eigenvalue weighted by Gasteiger charge is -2.49. The van der Waals surface area contributed by atoms with Crippen molar-refractivity contribution in [1.29, 1.82) is 0 Å². The fraction of sp³-hybridized carbons (Fsp3) is 0.947. The summed E-state index contributed by atoms with van der Waals surface area (Å²) >= 11 is 0. The van der Waals surface area contributed by atoms with Crippen molar-refractivity contribution in [3.63, 3.8) is 0 Å². The standard InChI is InChI=1S/C38H70N2O13/c1-15-26-38(10,46)31(42)21(4)28(39-48-14)19(2)17-36(8,45)33(53-35-29(41)25(40(11)12)16-20(3)49-35)22(5)30(23(6)34(44)51-26)52-27-18-37(9,47-13)32(43)24(7)50-27/h19-27,29-33,35,41-43,45-46H,15-18H2,1-14H3/b39-28-/t19-,20-,21+,22+,23-,24+,25+,26?,27+,29-,30+,31-,32+,33-,35+,36-,37-,38-/m1/s1. The molecule has 3 aliphatic rings. The van der Waals surface area contributed by atoms with Gasteiger partial charge in [0.05, 0.1) is 53.4 Å². The molecule has 3 fully saturated rings. The summed E-state index contributed by atoms with van der Waals surface area (Å²) in [6.07, 6.45) is -9.08. The lowest BCUT2D eigenvalue weighted by atomic mass is 9.73. The molecule has 53 heavy (non-hydrogen) atoms. The Hall–Kier alpha value is -1.50. The largest absolute Gasteiger partial charge is 0.459 e. The summed E-state index contributed by atoms with van der Waals surface area (Å²) in [5.41, 5.74) is -4.30. The topological polar surface area (TPSA) is 198 Å². The highest BCUT2D eigenvalue weighted by atomic mass is 16.7. The van der Waals surface area contributed by atoms with E-state index in [0.29, 0.717) is 12.1 Å². The predicted molar refractivity (Wildman–Crippen MR) is 196 cm³/mol. The number of aliphatic hydroxyl groups is 5. The number of esters is 1. The van der Waals surface area contributed by atoms with Crippen LogP contribution in [-0.4, -0.2) is 155 Å². The molecule has 3 saturated heterocycles. The van der Waals surface area contributed by atoms with Crippen LogP contribution in [0.25, 0.3) is 0 Å². The van der Waals surface area contributed by atoms with Gasteiger partial charge in [-0.1, -0.05) is 32.9 Å². The van der Waals surface area contributed by atoms with Gasteiger partial charge in [-0.05, 0) is 74.9 Å². The Labute approximate surface area is 316 Å².